The Kier molecular flexibility index (Phi) is 4.16. The van der Waals surface area contributed by atoms with Crippen molar-refractivity contribution in [2.24, 2.45) is 11.5 Å². The van der Waals surface area contributed by atoms with Gasteiger partial charge in [0.25, 0.3) is 0 Å². The van der Waals surface area contributed by atoms with Crippen molar-refractivity contribution in [3.63, 3.8) is 0 Å². The average molecular weight is 324 g/mol. The van der Waals surface area contributed by atoms with E-state index in [2.05, 4.69) is 0 Å². The van der Waals surface area contributed by atoms with Crippen molar-refractivity contribution in [2.75, 3.05) is 11.5 Å². The molecule has 0 heterocycles. The number of nitrogens with two attached hydrogens (primary N) is 4. The summed E-state index contributed by atoms with van der Waals surface area (Å²) in [7, 11) is 0. The molecule has 2 unspecified atom stereocenters. The molecule has 124 valence electrons. The lowest BCUT2D eigenvalue weighted by atomic mass is 9.98. The molecule has 0 bridgehead atoms. The van der Waals surface area contributed by atoms with Crippen LogP contribution in [0.5, 0.6) is 11.5 Å². The van der Waals surface area contributed by atoms with Gasteiger partial charge in [0, 0.05) is 11.4 Å². The van der Waals surface area contributed by atoms with Crippen LogP contribution in [0, 0.1) is 0 Å². The summed E-state index contributed by atoms with van der Waals surface area (Å²) in [4.78, 5) is 0. The Bertz CT molecular complexity index is 769. The molecule has 0 spiro atoms. The molecule has 3 rings (SSSR count). The van der Waals surface area contributed by atoms with Gasteiger partial charge in [-0.25, -0.2) is 0 Å². The summed E-state index contributed by atoms with van der Waals surface area (Å²) < 4.78 is 11.7. The van der Waals surface area contributed by atoms with Gasteiger partial charge in [0.05, 0.1) is 0 Å². The van der Waals surface area contributed by atoms with Crippen LogP contribution in [0.25, 0.3) is 0 Å². The maximum atomic E-state index is 6.33. The van der Waals surface area contributed by atoms with Crippen LogP contribution in [0.3, 0.4) is 0 Å². The summed E-state index contributed by atoms with van der Waals surface area (Å²) >= 11 is 0. The van der Waals surface area contributed by atoms with E-state index in [1.165, 1.54) is 0 Å². The van der Waals surface area contributed by atoms with Gasteiger partial charge in [0.15, 0.2) is 0 Å². The molecule has 6 heteroatoms. The van der Waals surface area contributed by atoms with Gasteiger partial charge in [-0.05, 0) is 60.7 Å². The number of benzene rings is 2. The van der Waals surface area contributed by atoms with Crippen LogP contribution in [0.1, 0.15) is 0 Å². The van der Waals surface area contributed by atoms with E-state index in [0.29, 0.717) is 28.6 Å². The topological polar surface area (TPSA) is 123 Å². The fourth-order valence-corrected chi connectivity index (χ4v) is 2.33. The first-order valence-electron chi connectivity index (χ1n) is 7.48. The van der Waals surface area contributed by atoms with Crippen molar-refractivity contribution < 1.29 is 9.47 Å². The van der Waals surface area contributed by atoms with Gasteiger partial charge in [0.2, 0.25) is 5.72 Å². The molecule has 2 atom stereocenters. The molecular weight excluding hydrogens is 304 g/mol. The van der Waals surface area contributed by atoms with Crippen LogP contribution in [-0.4, -0.2) is 11.8 Å². The third kappa shape index (κ3) is 3.34. The molecule has 8 N–H and O–H groups in total. The van der Waals surface area contributed by atoms with E-state index in [-0.39, 0.29) is 0 Å². The minimum Gasteiger partial charge on any atom is -0.467 e. The Morgan fingerprint density at radius 2 is 1.38 bits per heavy atom. The first-order valence-corrected chi connectivity index (χ1v) is 7.48. The van der Waals surface area contributed by atoms with Crippen LogP contribution >= 0.6 is 0 Å². The summed E-state index contributed by atoms with van der Waals surface area (Å²) in [6, 6.07) is 13.3. The van der Waals surface area contributed by atoms with Crippen molar-refractivity contribution in [1.82, 2.24) is 0 Å². The summed E-state index contributed by atoms with van der Waals surface area (Å²) in [5.41, 5.74) is 24.0. The lowest BCUT2D eigenvalue weighted by Crippen LogP contribution is -2.60. The molecule has 0 fully saturated rings. The molecule has 2 aromatic rings. The summed E-state index contributed by atoms with van der Waals surface area (Å²) in [6.45, 7) is 0. The number of allylic oxidation sites excluding steroid dienone is 2. The normalized spacial score (nSPS) is 22.8. The van der Waals surface area contributed by atoms with E-state index in [9.17, 15) is 0 Å². The Morgan fingerprint density at radius 3 is 1.96 bits per heavy atom. The highest BCUT2D eigenvalue weighted by Crippen LogP contribution is 2.27. The number of anilines is 2. The second kappa shape index (κ2) is 6.27. The van der Waals surface area contributed by atoms with Gasteiger partial charge in [-0.15, -0.1) is 0 Å². The predicted molar refractivity (Wildman–Crippen MR) is 95.1 cm³/mol. The van der Waals surface area contributed by atoms with Crippen molar-refractivity contribution >= 4 is 11.4 Å². The Morgan fingerprint density at radius 1 is 0.833 bits per heavy atom. The molecule has 0 aliphatic heterocycles. The molecule has 6 nitrogen and oxygen atoms in total. The first kappa shape index (κ1) is 15.9. The molecule has 24 heavy (non-hydrogen) atoms. The molecule has 0 amide bonds. The monoisotopic (exact) mass is 324 g/mol. The second-order valence-electron chi connectivity index (χ2n) is 5.60. The predicted octanol–water partition coefficient (Wildman–Crippen LogP) is 1.74. The average Bonchev–Trinajstić information content (AvgIpc) is 2.56. The minimum absolute atomic E-state index is 0.500. The van der Waals surface area contributed by atoms with E-state index in [0.717, 1.165) is 0 Å². The van der Waals surface area contributed by atoms with Gasteiger partial charge < -0.3 is 26.7 Å². The third-order valence-corrected chi connectivity index (χ3v) is 3.70. The first-order chi connectivity index (χ1) is 11.5. The highest BCUT2D eigenvalue weighted by molar-refractivity contribution is 5.44. The number of hydrogen-bond acceptors (Lipinski definition) is 6. The highest BCUT2D eigenvalue weighted by Gasteiger charge is 2.38. The van der Waals surface area contributed by atoms with Crippen LogP contribution in [0.4, 0.5) is 11.4 Å². The van der Waals surface area contributed by atoms with Gasteiger partial charge in [0.1, 0.15) is 23.3 Å². The summed E-state index contributed by atoms with van der Waals surface area (Å²) in [6.07, 6.45) is 5.22. The van der Waals surface area contributed by atoms with Crippen LogP contribution in [-0.2, 0) is 0 Å². The van der Waals surface area contributed by atoms with E-state index < -0.39 is 11.8 Å². The van der Waals surface area contributed by atoms with Gasteiger partial charge in [-0.3, -0.25) is 5.73 Å². The summed E-state index contributed by atoms with van der Waals surface area (Å²) in [5.74, 6) is 1.69. The van der Waals surface area contributed by atoms with Crippen molar-refractivity contribution in [2.45, 2.75) is 11.8 Å². The van der Waals surface area contributed by atoms with E-state index in [1.54, 1.807) is 66.8 Å². The van der Waals surface area contributed by atoms with Gasteiger partial charge in [-0.1, -0.05) is 6.08 Å². The lowest BCUT2D eigenvalue weighted by Gasteiger charge is -2.35. The Labute approximate surface area is 140 Å². The lowest BCUT2D eigenvalue weighted by molar-refractivity contribution is 0.0930. The smallest absolute Gasteiger partial charge is 0.200 e. The molecule has 1 aliphatic carbocycles. The molecule has 0 radical (unpaired) electrons. The highest BCUT2D eigenvalue weighted by atomic mass is 16.5. The maximum absolute atomic E-state index is 6.33. The number of ether oxygens (including phenoxy) is 2. The minimum atomic E-state index is -1.23. The van der Waals surface area contributed by atoms with Gasteiger partial charge >= 0.3 is 0 Å². The SMILES string of the molecule is Nc1ccc(OC2=CC=CC(N)(Oc3ccc(N)cc3)C2N)cc1. The number of hydrogen-bond donors (Lipinski definition) is 4. The molecule has 2 aromatic carbocycles. The van der Waals surface area contributed by atoms with E-state index in [4.69, 9.17) is 32.4 Å². The van der Waals surface area contributed by atoms with E-state index in [1.807, 2.05) is 0 Å². The largest absolute Gasteiger partial charge is 0.467 e. The third-order valence-electron chi connectivity index (χ3n) is 3.70. The fourth-order valence-electron chi connectivity index (χ4n) is 2.33. The van der Waals surface area contributed by atoms with Crippen LogP contribution < -0.4 is 32.4 Å². The number of rotatable bonds is 4. The van der Waals surface area contributed by atoms with Crippen molar-refractivity contribution in [3.05, 3.63) is 72.5 Å². The van der Waals surface area contributed by atoms with Crippen molar-refractivity contribution in [3.8, 4) is 11.5 Å². The zero-order valence-corrected chi connectivity index (χ0v) is 13.1. The molecule has 0 saturated carbocycles. The van der Waals surface area contributed by atoms with Crippen molar-refractivity contribution in [1.29, 1.82) is 0 Å². The Hall–Kier alpha value is -2.96. The molecule has 0 aromatic heterocycles. The fraction of sp³-hybridized carbons (Fsp3) is 0.111. The van der Waals surface area contributed by atoms with Crippen LogP contribution in [0.2, 0.25) is 0 Å². The van der Waals surface area contributed by atoms with Crippen LogP contribution in [0.15, 0.2) is 72.5 Å². The van der Waals surface area contributed by atoms with E-state index >= 15 is 0 Å². The standard InChI is InChI=1S/C18H20N4O2/c19-12-3-7-14(8-4-12)23-16-2-1-11-18(22,17(16)21)24-15-9-5-13(20)6-10-15/h1-11,17H,19-22H2. The molecule has 1 aliphatic rings. The zero-order chi connectivity index (χ0) is 17.2. The van der Waals surface area contributed by atoms with Gasteiger partial charge in [-0.2, -0.15) is 0 Å². The molecular formula is C18H20N4O2. The number of nitrogen functional groups attached to an aromatic ring is 2. The quantitative estimate of drug-likeness (QED) is 0.502. The maximum Gasteiger partial charge on any atom is 0.200 e. The zero-order valence-electron chi connectivity index (χ0n) is 13.1. The second-order valence-corrected chi connectivity index (χ2v) is 5.60. The Balaban J connectivity index is 1.77. The summed E-state index contributed by atoms with van der Waals surface area (Å²) in [5, 5.41) is 0. The molecule has 0 saturated heterocycles.